The molecule has 0 radical (unpaired) electrons. The van der Waals surface area contributed by atoms with Gasteiger partial charge in [-0.2, -0.15) is 0 Å². The topological polar surface area (TPSA) is 171 Å². The van der Waals surface area contributed by atoms with Crippen LogP contribution in [0.4, 0.5) is 0 Å². The summed E-state index contributed by atoms with van der Waals surface area (Å²) in [6.45, 7) is 5.63. The number of aliphatic carboxylic acids is 1. The van der Waals surface area contributed by atoms with Crippen LogP contribution in [-0.2, 0) is 24.1 Å². The number of fused-ring (bicyclic) bond motifs is 5. The minimum atomic E-state index is -1.43. The third-order valence-electron chi connectivity index (χ3n) is 11.8. The van der Waals surface area contributed by atoms with Gasteiger partial charge in [0.2, 0.25) is 0 Å². The Morgan fingerprint density at radius 3 is 2.54 bits per heavy atom. The van der Waals surface area contributed by atoms with Crippen LogP contribution in [-0.4, -0.2) is 85.3 Å². The van der Waals surface area contributed by atoms with Crippen molar-refractivity contribution in [2.45, 2.75) is 153 Å². The first kappa shape index (κ1) is 45.2. The third kappa shape index (κ3) is 12.8. The van der Waals surface area contributed by atoms with E-state index < -0.39 is 36.3 Å². The van der Waals surface area contributed by atoms with E-state index in [1.54, 1.807) is 25.1 Å². The number of aromatic hydroxyl groups is 1. The quantitative estimate of drug-likeness (QED) is 0.0579. The van der Waals surface area contributed by atoms with Crippen molar-refractivity contribution >= 4 is 5.97 Å². The van der Waals surface area contributed by atoms with Crippen LogP contribution in [0.15, 0.2) is 59.7 Å². The zero-order valence-electron chi connectivity index (χ0n) is 33.8. The zero-order valence-corrected chi connectivity index (χ0v) is 33.8. The molecule has 0 unspecified atom stereocenters. The molecule has 0 aromatic heterocycles. The summed E-state index contributed by atoms with van der Waals surface area (Å²) in [4.78, 5) is 11.4. The van der Waals surface area contributed by atoms with Crippen molar-refractivity contribution in [2.75, 3.05) is 19.8 Å². The standard InChI is InChI=1S/C47H67NO8/c1-4-6-8-15-38(51)21-19-33-17-18-34-14-11-13-32(5-2)45(34)36-20-24-43(41-23-22-39(52)28-35(41)25-26-49)47(3,56)31-48-46(42(33)29-40(53)30-50)37(27-36)12-9-7-10-16-44(54)55/h11,13-14,19,21-23,28,36-38,40,43,46,48-53,56H,4-10,12,15-18,25-27,29-31H2,1-3H3,(H,54,55)/b21-19+,42-33+/t36-,37+,38+,40+,43+,46+,47-/m1/s1. The molecule has 1 aliphatic heterocycles. The number of nitrogens with one attached hydrogen (secondary N) is 1. The van der Waals surface area contributed by atoms with Crippen LogP contribution in [0.3, 0.4) is 0 Å². The van der Waals surface area contributed by atoms with Gasteiger partial charge in [0.15, 0.2) is 0 Å². The van der Waals surface area contributed by atoms with Crippen LogP contribution in [0.2, 0.25) is 0 Å². The number of carboxylic acid groups (broad SMARTS) is 1. The van der Waals surface area contributed by atoms with Gasteiger partial charge in [0.05, 0.1) is 30.3 Å². The van der Waals surface area contributed by atoms with Gasteiger partial charge in [-0.1, -0.05) is 94.2 Å². The maximum absolute atomic E-state index is 12.5. The summed E-state index contributed by atoms with van der Waals surface area (Å²) in [6, 6.07) is 11.1. The first-order chi connectivity index (χ1) is 26.9. The minimum Gasteiger partial charge on any atom is -0.508 e. The predicted octanol–water partition coefficient (Wildman–Crippen LogP) is 6.61. The van der Waals surface area contributed by atoms with Crippen LogP contribution in [0, 0.1) is 17.8 Å². The Kier molecular flexibility index (Phi) is 18.1. The molecule has 7 atom stereocenters. The fraction of sp³-hybridized carbons (Fsp3) is 0.596. The number of aliphatic hydroxyl groups is 5. The summed E-state index contributed by atoms with van der Waals surface area (Å²) >= 11 is 0. The normalized spacial score (nSPS) is 25.3. The van der Waals surface area contributed by atoms with Crippen LogP contribution < -0.4 is 5.32 Å². The van der Waals surface area contributed by atoms with E-state index in [0.29, 0.717) is 37.7 Å². The monoisotopic (exact) mass is 773 g/mol. The predicted molar refractivity (Wildman–Crippen MR) is 222 cm³/mol. The van der Waals surface area contributed by atoms with Crippen molar-refractivity contribution in [3.8, 4) is 17.6 Å². The van der Waals surface area contributed by atoms with Crippen LogP contribution in [0.25, 0.3) is 0 Å². The molecule has 0 saturated carbocycles. The Morgan fingerprint density at radius 1 is 1.02 bits per heavy atom. The highest BCUT2D eigenvalue weighted by atomic mass is 16.4. The number of carbonyl (C=O) groups is 1. The van der Waals surface area contributed by atoms with Gasteiger partial charge < -0.3 is 41.1 Å². The Hall–Kier alpha value is -3.49. The number of aliphatic hydroxyl groups excluding tert-OH is 4. The van der Waals surface area contributed by atoms with E-state index in [9.17, 15) is 40.5 Å². The smallest absolute Gasteiger partial charge is 0.303 e. The summed E-state index contributed by atoms with van der Waals surface area (Å²) in [5.41, 5.74) is 5.52. The van der Waals surface area contributed by atoms with Crippen LogP contribution in [0.5, 0.6) is 5.75 Å². The van der Waals surface area contributed by atoms with E-state index in [0.717, 1.165) is 61.7 Å². The largest absolute Gasteiger partial charge is 0.508 e. The molecule has 2 aromatic rings. The maximum Gasteiger partial charge on any atom is 0.303 e. The van der Waals surface area contributed by atoms with Crippen molar-refractivity contribution in [1.29, 1.82) is 0 Å². The van der Waals surface area contributed by atoms with Crippen molar-refractivity contribution in [3.63, 3.8) is 0 Å². The molecule has 0 amide bonds. The molecule has 1 aliphatic carbocycles. The average Bonchev–Trinajstić information content (AvgIpc) is 3.16. The van der Waals surface area contributed by atoms with E-state index in [-0.39, 0.29) is 56.0 Å². The summed E-state index contributed by atoms with van der Waals surface area (Å²) in [5, 5.41) is 78.4. The van der Waals surface area contributed by atoms with Crippen molar-refractivity contribution < 1.29 is 40.5 Å². The first-order valence-electron chi connectivity index (χ1n) is 21.0. The highest BCUT2D eigenvalue weighted by Gasteiger charge is 2.39. The average molecular weight is 774 g/mol. The van der Waals surface area contributed by atoms with Crippen molar-refractivity contribution in [3.05, 3.63) is 87.5 Å². The van der Waals surface area contributed by atoms with Crippen molar-refractivity contribution in [1.82, 2.24) is 5.32 Å². The molecule has 0 fully saturated rings. The van der Waals surface area contributed by atoms with Gasteiger partial charge in [0.1, 0.15) is 5.75 Å². The molecule has 1 heterocycles. The van der Waals surface area contributed by atoms with Gasteiger partial charge in [-0.05, 0) is 122 Å². The lowest BCUT2D eigenvalue weighted by atomic mass is 9.72. The number of aryl methyl sites for hydroxylation is 2. The molecule has 9 heteroatoms. The van der Waals surface area contributed by atoms with E-state index in [2.05, 4.69) is 49.2 Å². The van der Waals surface area contributed by atoms with E-state index in [1.165, 1.54) is 16.7 Å². The van der Waals surface area contributed by atoms with Crippen molar-refractivity contribution in [2.24, 2.45) is 5.92 Å². The van der Waals surface area contributed by atoms with Gasteiger partial charge in [0, 0.05) is 31.5 Å². The number of unbranched alkanes of at least 4 members (excludes halogenated alkanes) is 4. The maximum atomic E-state index is 12.5. The number of phenolic OH excluding ortho intramolecular Hbond substituents is 1. The van der Waals surface area contributed by atoms with Gasteiger partial charge in [-0.3, -0.25) is 4.79 Å². The van der Waals surface area contributed by atoms with Gasteiger partial charge in [-0.15, -0.1) is 0 Å². The van der Waals surface area contributed by atoms with Gasteiger partial charge in [-0.25, -0.2) is 0 Å². The number of hydrogen-bond donors (Lipinski definition) is 8. The Morgan fingerprint density at radius 2 is 1.82 bits per heavy atom. The van der Waals surface area contributed by atoms with Gasteiger partial charge in [0.25, 0.3) is 0 Å². The Balaban J connectivity index is 2.00. The molecule has 8 N–H and O–H groups in total. The minimum absolute atomic E-state index is 0.0419. The number of β-amino-alcohol motifs (C(OH)–C–C–N with tert-alkyl or cyclic N) is 1. The zero-order chi connectivity index (χ0) is 40.7. The van der Waals surface area contributed by atoms with Gasteiger partial charge >= 0.3 is 5.97 Å². The molecule has 9 nitrogen and oxygen atoms in total. The number of phenols is 1. The van der Waals surface area contributed by atoms with E-state index in [4.69, 9.17) is 0 Å². The number of rotatable bonds is 19. The SMILES string of the molecule is CCCCC[C@H](O)/C=C/C1=C(\C[C@H](O)CO)[C@H]2NC[C@@](C)(O)[C@H](c3ccc(O)cc3CCO)C#C[C@H](C[C@@H]2CCCCCC(=O)O)c2c(CC)cccc2CC1. The fourth-order valence-corrected chi connectivity index (χ4v) is 8.75. The molecule has 2 aromatic carbocycles. The second kappa shape index (κ2) is 22.4. The molecule has 2 aliphatic rings. The van der Waals surface area contributed by atoms with Crippen LogP contribution in [0.1, 0.15) is 137 Å². The Labute approximate surface area is 334 Å². The van der Waals surface area contributed by atoms with Crippen LogP contribution >= 0.6 is 0 Å². The second-order valence-electron chi connectivity index (χ2n) is 16.2. The lowest BCUT2D eigenvalue weighted by Gasteiger charge is -2.40. The fourth-order valence-electron chi connectivity index (χ4n) is 8.75. The number of carboxylic acids is 1. The number of benzene rings is 2. The molecule has 0 saturated heterocycles. The molecular weight excluding hydrogens is 707 g/mol. The number of allylic oxidation sites excluding steroid dienone is 2. The molecule has 56 heavy (non-hydrogen) atoms. The summed E-state index contributed by atoms with van der Waals surface area (Å²) < 4.78 is 0. The highest BCUT2D eigenvalue weighted by Crippen LogP contribution is 2.41. The lowest BCUT2D eigenvalue weighted by Crippen LogP contribution is -2.50. The lowest BCUT2D eigenvalue weighted by molar-refractivity contribution is -0.137. The van der Waals surface area contributed by atoms with E-state index >= 15 is 0 Å². The molecule has 0 spiro atoms. The second-order valence-corrected chi connectivity index (χ2v) is 16.2. The van der Waals surface area contributed by atoms with E-state index in [1.807, 2.05) is 12.2 Å². The summed E-state index contributed by atoms with van der Waals surface area (Å²) in [7, 11) is 0. The highest BCUT2D eigenvalue weighted by molar-refractivity contribution is 5.66. The first-order valence-corrected chi connectivity index (χ1v) is 21.0. The summed E-state index contributed by atoms with van der Waals surface area (Å²) in [5.74, 6) is 5.58. The molecule has 308 valence electrons. The molecule has 2 bridgehead atoms. The molecular formula is C47H67NO8. The molecule has 4 rings (SSSR count). The Bertz CT molecular complexity index is 1690. The number of hydrogen-bond acceptors (Lipinski definition) is 8. The third-order valence-corrected chi connectivity index (χ3v) is 11.8. The summed E-state index contributed by atoms with van der Waals surface area (Å²) in [6.07, 6.45) is 12.1.